The van der Waals surface area contributed by atoms with Gasteiger partial charge in [0.2, 0.25) is 0 Å². The monoisotopic (exact) mass is 363 g/mol. The zero-order valence-electron chi connectivity index (χ0n) is 15.0. The standard InChI is InChI=1S/C20H21N5O2/c26-19-7-6-16(14-4-5-14)22-25(19)15-8-11-23(12-9-15)18-13-20(27)24-10-2-1-3-17(24)21-18/h1-3,6-7,10,13-15H,4-5,8-9,11-12H2. The van der Waals surface area contributed by atoms with Gasteiger partial charge in [-0.1, -0.05) is 6.07 Å². The highest BCUT2D eigenvalue weighted by Gasteiger charge is 2.28. The summed E-state index contributed by atoms with van der Waals surface area (Å²) >= 11 is 0. The minimum absolute atomic E-state index is 0.0278. The predicted molar refractivity (Wildman–Crippen MR) is 102 cm³/mol. The zero-order chi connectivity index (χ0) is 18.4. The van der Waals surface area contributed by atoms with Gasteiger partial charge in [0.15, 0.2) is 0 Å². The Bertz CT molecular complexity index is 1110. The van der Waals surface area contributed by atoms with E-state index in [1.54, 1.807) is 27.4 Å². The van der Waals surface area contributed by atoms with Crippen LogP contribution in [0.2, 0.25) is 0 Å². The number of nitrogens with zero attached hydrogens (tertiary/aromatic N) is 5. The van der Waals surface area contributed by atoms with Crippen molar-refractivity contribution in [3.63, 3.8) is 0 Å². The number of fused-ring (bicyclic) bond motifs is 1. The van der Waals surface area contributed by atoms with E-state index in [0.717, 1.165) is 31.6 Å². The van der Waals surface area contributed by atoms with Gasteiger partial charge >= 0.3 is 0 Å². The van der Waals surface area contributed by atoms with Gasteiger partial charge < -0.3 is 4.90 Å². The molecule has 0 amide bonds. The molecule has 138 valence electrons. The van der Waals surface area contributed by atoms with E-state index in [4.69, 9.17) is 0 Å². The van der Waals surface area contributed by atoms with Crippen LogP contribution in [0.3, 0.4) is 0 Å². The van der Waals surface area contributed by atoms with Crippen molar-refractivity contribution in [1.82, 2.24) is 19.2 Å². The van der Waals surface area contributed by atoms with E-state index >= 15 is 0 Å². The van der Waals surface area contributed by atoms with Crippen molar-refractivity contribution in [3.8, 4) is 0 Å². The average Bonchev–Trinajstić information content (AvgIpc) is 3.54. The average molecular weight is 363 g/mol. The van der Waals surface area contributed by atoms with Gasteiger partial charge in [-0.2, -0.15) is 5.10 Å². The van der Waals surface area contributed by atoms with Crippen molar-refractivity contribution in [2.24, 2.45) is 0 Å². The molecule has 2 aliphatic rings. The Morgan fingerprint density at radius 3 is 2.52 bits per heavy atom. The number of aromatic nitrogens is 4. The van der Waals surface area contributed by atoms with E-state index in [9.17, 15) is 9.59 Å². The fourth-order valence-corrected chi connectivity index (χ4v) is 3.84. The van der Waals surface area contributed by atoms with Gasteiger partial charge in [0.05, 0.1) is 11.7 Å². The summed E-state index contributed by atoms with van der Waals surface area (Å²) in [6, 6.07) is 10.8. The number of hydrogen-bond donors (Lipinski definition) is 0. The van der Waals surface area contributed by atoms with Crippen LogP contribution in [0, 0.1) is 0 Å². The summed E-state index contributed by atoms with van der Waals surface area (Å²) in [7, 11) is 0. The first kappa shape index (κ1) is 16.2. The summed E-state index contributed by atoms with van der Waals surface area (Å²) in [5.74, 6) is 1.24. The Hall–Kier alpha value is -2.96. The molecule has 0 unspecified atom stereocenters. The van der Waals surface area contributed by atoms with Gasteiger partial charge in [-0.05, 0) is 43.9 Å². The van der Waals surface area contributed by atoms with Crippen LogP contribution in [0.1, 0.15) is 43.3 Å². The molecule has 0 N–H and O–H groups in total. The van der Waals surface area contributed by atoms with Crippen LogP contribution < -0.4 is 16.0 Å². The second-order valence-electron chi connectivity index (χ2n) is 7.41. The maximum absolute atomic E-state index is 12.3. The number of hydrogen-bond acceptors (Lipinski definition) is 5. The lowest BCUT2D eigenvalue weighted by atomic mass is 10.1. The van der Waals surface area contributed by atoms with E-state index in [1.807, 2.05) is 24.3 Å². The van der Waals surface area contributed by atoms with E-state index in [1.165, 1.54) is 12.8 Å². The van der Waals surface area contributed by atoms with Crippen molar-refractivity contribution < 1.29 is 0 Å². The largest absolute Gasteiger partial charge is 0.356 e. The minimum Gasteiger partial charge on any atom is -0.356 e. The molecule has 7 nitrogen and oxygen atoms in total. The van der Waals surface area contributed by atoms with Crippen LogP contribution in [0.25, 0.3) is 5.65 Å². The van der Waals surface area contributed by atoms with Crippen molar-refractivity contribution in [2.75, 3.05) is 18.0 Å². The second-order valence-corrected chi connectivity index (χ2v) is 7.41. The first-order valence-electron chi connectivity index (χ1n) is 9.52. The molecule has 2 fully saturated rings. The van der Waals surface area contributed by atoms with Gasteiger partial charge in [0, 0.05) is 37.3 Å². The van der Waals surface area contributed by atoms with Crippen molar-refractivity contribution in [2.45, 2.75) is 37.6 Å². The van der Waals surface area contributed by atoms with Gasteiger partial charge in [-0.25, -0.2) is 9.67 Å². The summed E-state index contributed by atoms with van der Waals surface area (Å²) in [5, 5.41) is 4.63. The Balaban J connectivity index is 1.37. The molecule has 1 aliphatic heterocycles. The Morgan fingerprint density at radius 2 is 1.74 bits per heavy atom. The summed E-state index contributed by atoms with van der Waals surface area (Å²) in [6.07, 6.45) is 5.71. The summed E-state index contributed by atoms with van der Waals surface area (Å²) in [6.45, 7) is 1.50. The number of rotatable bonds is 3. The SMILES string of the molecule is O=c1ccc(C2CC2)nn1C1CCN(c2cc(=O)n3ccccc3n2)CC1. The molecule has 3 aromatic rings. The van der Waals surface area contributed by atoms with Crippen LogP contribution >= 0.6 is 0 Å². The smallest absolute Gasteiger partial charge is 0.267 e. The van der Waals surface area contributed by atoms with Gasteiger partial charge in [0.25, 0.3) is 11.1 Å². The fourth-order valence-electron chi connectivity index (χ4n) is 3.84. The molecule has 0 bridgehead atoms. The molecule has 1 saturated carbocycles. The van der Waals surface area contributed by atoms with E-state index in [-0.39, 0.29) is 17.2 Å². The summed E-state index contributed by atoms with van der Waals surface area (Å²) in [4.78, 5) is 31.4. The number of pyridine rings is 1. The molecule has 0 aromatic carbocycles. The third kappa shape index (κ3) is 3.03. The molecule has 27 heavy (non-hydrogen) atoms. The Morgan fingerprint density at radius 1 is 0.926 bits per heavy atom. The normalized spacial score (nSPS) is 18.1. The molecule has 7 heteroatoms. The molecule has 4 heterocycles. The maximum Gasteiger partial charge on any atom is 0.267 e. The molecule has 1 saturated heterocycles. The molecular formula is C20H21N5O2. The lowest BCUT2D eigenvalue weighted by molar-refractivity contribution is 0.349. The first-order valence-corrected chi connectivity index (χ1v) is 9.52. The van der Waals surface area contributed by atoms with Gasteiger partial charge in [-0.15, -0.1) is 0 Å². The first-order chi connectivity index (χ1) is 13.2. The van der Waals surface area contributed by atoms with Crippen LogP contribution in [0.5, 0.6) is 0 Å². The maximum atomic E-state index is 12.3. The molecule has 0 spiro atoms. The Kier molecular flexibility index (Phi) is 3.81. The fraction of sp³-hybridized carbons (Fsp3) is 0.400. The van der Waals surface area contributed by atoms with Crippen LogP contribution in [-0.4, -0.2) is 32.3 Å². The third-order valence-electron chi connectivity index (χ3n) is 5.53. The highest BCUT2D eigenvalue weighted by molar-refractivity contribution is 5.48. The third-order valence-corrected chi connectivity index (χ3v) is 5.53. The molecule has 3 aromatic heterocycles. The minimum atomic E-state index is -0.0762. The lowest BCUT2D eigenvalue weighted by Gasteiger charge is -2.33. The number of anilines is 1. The number of piperidine rings is 1. The predicted octanol–water partition coefficient (Wildman–Crippen LogP) is 1.97. The molecule has 0 radical (unpaired) electrons. The summed E-state index contributed by atoms with van der Waals surface area (Å²) in [5.41, 5.74) is 1.59. The Labute approximate surface area is 155 Å². The summed E-state index contributed by atoms with van der Waals surface area (Å²) < 4.78 is 3.22. The topological polar surface area (TPSA) is 72.5 Å². The van der Waals surface area contributed by atoms with Crippen molar-refractivity contribution in [3.05, 3.63) is 69.0 Å². The van der Waals surface area contributed by atoms with Gasteiger partial charge in [0.1, 0.15) is 11.5 Å². The molecule has 1 aliphatic carbocycles. The lowest BCUT2D eigenvalue weighted by Crippen LogP contribution is -2.39. The van der Waals surface area contributed by atoms with Crippen molar-refractivity contribution >= 4 is 11.5 Å². The second kappa shape index (κ2) is 6.33. The van der Waals surface area contributed by atoms with Gasteiger partial charge in [-0.3, -0.25) is 14.0 Å². The van der Waals surface area contributed by atoms with E-state index < -0.39 is 0 Å². The van der Waals surface area contributed by atoms with Crippen molar-refractivity contribution in [1.29, 1.82) is 0 Å². The molecular weight excluding hydrogens is 342 g/mol. The molecule has 5 rings (SSSR count). The highest BCUT2D eigenvalue weighted by Crippen LogP contribution is 2.38. The van der Waals surface area contributed by atoms with Crippen LogP contribution in [-0.2, 0) is 0 Å². The zero-order valence-corrected chi connectivity index (χ0v) is 15.0. The van der Waals surface area contributed by atoms with E-state index in [2.05, 4.69) is 15.0 Å². The highest BCUT2D eigenvalue weighted by atomic mass is 16.1. The van der Waals surface area contributed by atoms with Crippen LogP contribution in [0.4, 0.5) is 5.82 Å². The quantitative estimate of drug-likeness (QED) is 0.711. The van der Waals surface area contributed by atoms with Crippen LogP contribution in [0.15, 0.2) is 52.2 Å². The van der Waals surface area contributed by atoms with E-state index in [0.29, 0.717) is 17.4 Å². The molecule has 0 atom stereocenters.